The Balaban J connectivity index is 1.48. The molecule has 0 spiro atoms. The zero-order valence-corrected chi connectivity index (χ0v) is 14.1. The second-order valence-corrected chi connectivity index (χ2v) is 5.87. The van der Waals surface area contributed by atoms with Crippen molar-refractivity contribution in [1.82, 2.24) is 10.1 Å². The van der Waals surface area contributed by atoms with Crippen LogP contribution in [0.15, 0.2) is 28.8 Å². The van der Waals surface area contributed by atoms with Gasteiger partial charge < -0.3 is 9.26 Å². The molecule has 0 fully saturated rings. The van der Waals surface area contributed by atoms with Crippen molar-refractivity contribution in [2.75, 3.05) is 6.54 Å². The summed E-state index contributed by atoms with van der Waals surface area (Å²) in [6.07, 6.45) is 0.475. The number of benzene rings is 1. The van der Waals surface area contributed by atoms with Gasteiger partial charge in [-0.15, -0.1) is 0 Å². The molecule has 2 amide bonds. The number of carbonyl (C=O) groups is 3. The smallest absolute Gasteiger partial charge is 0.306 e. The quantitative estimate of drug-likeness (QED) is 0.591. The molecule has 0 N–H and O–H groups in total. The summed E-state index contributed by atoms with van der Waals surface area (Å²) in [5, 5.41) is 3.80. The number of hydrogen-bond donors (Lipinski definition) is 0. The van der Waals surface area contributed by atoms with Gasteiger partial charge in [0.15, 0.2) is 0 Å². The number of imide groups is 1. The summed E-state index contributed by atoms with van der Waals surface area (Å²) in [6, 6.07) is 6.71. The molecule has 7 heteroatoms. The molecule has 0 radical (unpaired) electrons. The monoisotopic (exact) mass is 342 g/mol. The lowest BCUT2D eigenvalue weighted by Gasteiger charge is -2.13. The van der Waals surface area contributed by atoms with E-state index in [9.17, 15) is 14.4 Å². The number of esters is 1. The van der Waals surface area contributed by atoms with Crippen molar-refractivity contribution in [3.63, 3.8) is 0 Å². The normalized spacial score (nSPS) is 13.3. The second kappa shape index (κ2) is 6.88. The second-order valence-electron chi connectivity index (χ2n) is 5.87. The average Bonchev–Trinajstić information content (AvgIpc) is 3.05. The maximum Gasteiger partial charge on any atom is 0.306 e. The minimum atomic E-state index is -0.392. The summed E-state index contributed by atoms with van der Waals surface area (Å²) in [5.74, 6) is -0.401. The Morgan fingerprint density at radius 1 is 1.16 bits per heavy atom. The first kappa shape index (κ1) is 16.9. The molecule has 0 bridgehead atoms. The number of rotatable bonds is 6. The van der Waals surface area contributed by atoms with Gasteiger partial charge in [-0.2, -0.15) is 0 Å². The first-order valence-electron chi connectivity index (χ1n) is 8.01. The Hall–Kier alpha value is -2.96. The van der Waals surface area contributed by atoms with Crippen molar-refractivity contribution < 1.29 is 23.6 Å². The van der Waals surface area contributed by atoms with Gasteiger partial charge in [0, 0.05) is 13.0 Å². The molecule has 0 atom stereocenters. The third-order valence-electron chi connectivity index (χ3n) is 4.20. The van der Waals surface area contributed by atoms with Gasteiger partial charge in [-0.25, -0.2) is 0 Å². The van der Waals surface area contributed by atoms with Crippen molar-refractivity contribution in [2.45, 2.75) is 33.3 Å². The summed E-state index contributed by atoms with van der Waals surface area (Å²) in [6.45, 7) is 3.83. The van der Waals surface area contributed by atoms with E-state index in [0.29, 0.717) is 29.0 Å². The van der Waals surface area contributed by atoms with Gasteiger partial charge in [0.05, 0.1) is 22.4 Å². The zero-order valence-electron chi connectivity index (χ0n) is 14.1. The third kappa shape index (κ3) is 3.31. The van der Waals surface area contributed by atoms with Crippen LogP contribution in [0.2, 0.25) is 0 Å². The van der Waals surface area contributed by atoms with Crippen LogP contribution in [0.5, 0.6) is 0 Å². The molecule has 1 aromatic heterocycles. The van der Waals surface area contributed by atoms with Gasteiger partial charge in [0.2, 0.25) is 0 Å². The lowest BCUT2D eigenvalue weighted by atomic mass is 10.1. The van der Waals surface area contributed by atoms with Gasteiger partial charge >= 0.3 is 5.97 Å². The maximum absolute atomic E-state index is 12.2. The molecule has 25 heavy (non-hydrogen) atoms. The van der Waals surface area contributed by atoms with Crippen molar-refractivity contribution in [2.24, 2.45) is 0 Å². The fourth-order valence-corrected chi connectivity index (χ4v) is 2.76. The van der Waals surface area contributed by atoms with Gasteiger partial charge in [0.1, 0.15) is 12.4 Å². The summed E-state index contributed by atoms with van der Waals surface area (Å²) >= 11 is 0. The van der Waals surface area contributed by atoms with E-state index in [1.807, 2.05) is 0 Å². The molecule has 0 aliphatic carbocycles. The molecule has 1 aromatic carbocycles. The van der Waals surface area contributed by atoms with Gasteiger partial charge in [-0.05, 0) is 32.4 Å². The van der Waals surface area contributed by atoms with Crippen LogP contribution in [-0.2, 0) is 16.1 Å². The Bertz CT molecular complexity index is 785. The third-order valence-corrected chi connectivity index (χ3v) is 4.20. The van der Waals surface area contributed by atoms with E-state index >= 15 is 0 Å². The van der Waals surface area contributed by atoms with Crippen molar-refractivity contribution in [3.05, 3.63) is 52.4 Å². The first-order valence-corrected chi connectivity index (χ1v) is 8.01. The molecular formula is C18H18N2O5. The number of fused-ring (bicyclic) bond motifs is 1. The number of amides is 2. The predicted octanol–water partition coefficient (Wildman–Crippen LogP) is 2.41. The Morgan fingerprint density at radius 2 is 1.80 bits per heavy atom. The molecule has 0 unspecified atom stereocenters. The van der Waals surface area contributed by atoms with Crippen molar-refractivity contribution >= 4 is 17.8 Å². The molecule has 130 valence electrons. The zero-order chi connectivity index (χ0) is 18.0. The maximum atomic E-state index is 12.2. The summed E-state index contributed by atoms with van der Waals surface area (Å²) in [7, 11) is 0. The van der Waals surface area contributed by atoms with Crippen LogP contribution in [0, 0.1) is 13.8 Å². The molecular weight excluding hydrogens is 324 g/mol. The number of ether oxygens (including phenoxy) is 1. The van der Waals surface area contributed by atoms with Crippen LogP contribution in [0.3, 0.4) is 0 Å². The Morgan fingerprint density at radius 3 is 2.36 bits per heavy atom. The minimum absolute atomic E-state index is 0.104. The van der Waals surface area contributed by atoms with Crippen LogP contribution in [-0.4, -0.2) is 34.4 Å². The van der Waals surface area contributed by atoms with Gasteiger partial charge in [-0.3, -0.25) is 19.3 Å². The predicted molar refractivity (Wildman–Crippen MR) is 86.8 cm³/mol. The van der Waals surface area contributed by atoms with Crippen LogP contribution in [0.25, 0.3) is 0 Å². The van der Waals surface area contributed by atoms with Crippen LogP contribution in [0.4, 0.5) is 0 Å². The van der Waals surface area contributed by atoms with E-state index in [-0.39, 0.29) is 31.4 Å². The highest BCUT2D eigenvalue weighted by Crippen LogP contribution is 2.22. The number of aryl methyl sites for hydroxylation is 2. The molecule has 3 rings (SSSR count). The van der Waals surface area contributed by atoms with E-state index in [1.54, 1.807) is 38.1 Å². The molecule has 7 nitrogen and oxygen atoms in total. The average molecular weight is 342 g/mol. The highest BCUT2D eigenvalue weighted by atomic mass is 16.5. The van der Waals surface area contributed by atoms with E-state index < -0.39 is 5.97 Å². The van der Waals surface area contributed by atoms with Crippen LogP contribution in [0.1, 0.15) is 50.6 Å². The largest absolute Gasteiger partial charge is 0.461 e. The summed E-state index contributed by atoms with van der Waals surface area (Å²) < 4.78 is 10.2. The van der Waals surface area contributed by atoms with Crippen LogP contribution < -0.4 is 0 Å². The lowest BCUT2D eigenvalue weighted by molar-refractivity contribution is -0.145. The van der Waals surface area contributed by atoms with Crippen molar-refractivity contribution in [3.8, 4) is 0 Å². The van der Waals surface area contributed by atoms with E-state index in [4.69, 9.17) is 9.26 Å². The van der Waals surface area contributed by atoms with E-state index in [0.717, 1.165) is 5.56 Å². The van der Waals surface area contributed by atoms with E-state index in [1.165, 1.54) is 4.90 Å². The highest BCUT2D eigenvalue weighted by molar-refractivity contribution is 6.21. The lowest BCUT2D eigenvalue weighted by Crippen LogP contribution is -2.31. The minimum Gasteiger partial charge on any atom is -0.461 e. The number of hydrogen-bond acceptors (Lipinski definition) is 6. The molecule has 0 saturated carbocycles. The number of aromatic nitrogens is 1. The summed E-state index contributed by atoms with van der Waals surface area (Å²) in [5.41, 5.74) is 2.27. The molecule has 0 saturated heterocycles. The fraction of sp³-hybridized carbons (Fsp3) is 0.333. The molecule has 1 aliphatic rings. The first-order chi connectivity index (χ1) is 12.0. The van der Waals surface area contributed by atoms with E-state index in [2.05, 4.69) is 5.16 Å². The van der Waals surface area contributed by atoms with Gasteiger partial charge in [0.25, 0.3) is 11.8 Å². The summed E-state index contributed by atoms with van der Waals surface area (Å²) in [4.78, 5) is 37.4. The topological polar surface area (TPSA) is 89.7 Å². The fourth-order valence-electron chi connectivity index (χ4n) is 2.76. The van der Waals surface area contributed by atoms with Crippen molar-refractivity contribution in [1.29, 1.82) is 0 Å². The standard InChI is InChI=1S/C18H18N2O5/c1-11-15(12(2)25-19-11)10-24-16(21)8-5-9-20-17(22)13-6-3-4-7-14(13)18(20)23/h3-4,6-7H,5,8-10H2,1-2H3. The highest BCUT2D eigenvalue weighted by Gasteiger charge is 2.34. The van der Waals surface area contributed by atoms with Gasteiger partial charge in [-0.1, -0.05) is 17.3 Å². The SMILES string of the molecule is Cc1noc(C)c1COC(=O)CCCN1C(=O)c2ccccc2C1=O. The molecule has 1 aliphatic heterocycles. The Labute approximate surface area is 144 Å². The van der Waals surface area contributed by atoms with Crippen LogP contribution >= 0.6 is 0 Å². The Kier molecular flexibility index (Phi) is 4.65. The molecule has 2 heterocycles. The number of nitrogens with zero attached hydrogens (tertiary/aromatic N) is 2. The number of carbonyl (C=O) groups excluding carboxylic acids is 3. The molecule has 2 aromatic rings.